The van der Waals surface area contributed by atoms with Crippen LogP contribution in [0.2, 0.25) is 5.02 Å². The number of nitrogens with zero attached hydrogens (tertiary/aromatic N) is 3. The fraction of sp³-hybridized carbons (Fsp3) is 0.435. The van der Waals surface area contributed by atoms with E-state index in [1.807, 2.05) is 13.0 Å². The van der Waals surface area contributed by atoms with Gasteiger partial charge in [-0.1, -0.05) is 11.6 Å². The lowest BCUT2D eigenvalue weighted by molar-refractivity contribution is -0.143. The second kappa shape index (κ2) is 10.9. The number of benzene rings is 1. The maximum Gasteiger partial charge on any atom is 0.417 e. The number of halogens is 4. The Balaban J connectivity index is 1.89. The summed E-state index contributed by atoms with van der Waals surface area (Å²) in [5.41, 5.74) is 1.46. The lowest BCUT2D eigenvalue weighted by atomic mass is 10.2. The number of rotatable bonds is 10. The van der Waals surface area contributed by atoms with Crippen LogP contribution in [-0.2, 0) is 22.3 Å². The highest BCUT2D eigenvalue weighted by molar-refractivity contribution is 6.31. The predicted octanol–water partition coefficient (Wildman–Crippen LogP) is 5.58. The molecule has 34 heavy (non-hydrogen) atoms. The molecule has 0 atom stereocenters. The van der Waals surface area contributed by atoms with E-state index in [9.17, 15) is 18.0 Å². The van der Waals surface area contributed by atoms with Crippen molar-refractivity contribution >= 4 is 28.6 Å². The lowest BCUT2D eigenvalue weighted by Gasteiger charge is -2.13. The molecule has 7 nitrogen and oxygen atoms in total. The van der Waals surface area contributed by atoms with Gasteiger partial charge in [-0.25, -0.2) is 0 Å². The van der Waals surface area contributed by atoms with Gasteiger partial charge in [-0.15, -0.1) is 0 Å². The molecule has 0 bridgehead atoms. The molecule has 0 amide bonds. The van der Waals surface area contributed by atoms with Crippen LogP contribution in [0.15, 0.2) is 24.4 Å². The van der Waals surface area contributed by atoms with Gasteiger partial charge in [0, 0.05) is 18.7 Å². The van der Waals surface area contributed by atoms with Crippen molar-refractivity contribution in [2.75, 3.05) is 19.8 Å². The van der Waals surface area contributed by atoms with Crippen LogP contribution in [0, 0.1) is 6.92 Å². The number of aryl methyl sites for hydroxylation is 1. The van der Waals surface area contributed by atoms with E-state index in [0.29, 0.717) is 43.0 Å². The number of carbonyl (C=O) groups is 1. The zero-order valence-electron chi connectivity index (χ0n) is 19.0. The smallest absolute Gasteiger partial charge is 0.417 e. The molecule has 0 spiro atoms. The summed E-state index contributed by atoms with van der Waals surface area (Å²) in [5.74, 6) is 0.280. The first kappa shape index (κ1) is 25.6. The molecule has 2 heterocycles. The average Bonchev–Trinajstić information content (AvgIpc) is 3.10. The van der Waals surface area contributed by atoms with E-state index in [0.717, 1.165) is 17.8 Å². The number of alkyl halides is 3. The van der Waals surface area contributed by atoms with Gasteiger partial charge in [0.15, 0.2) is 0 Å². The molecule has 184 valence electrons. The van der Waals surface area contributed by atoms with Crippen LogP contribution in [0.1, 0.15) is 43.5 Å². The molecule has 0 unspecified atom stereocenters. The van der Waals surface area contributed by atoms with Crippen molar-refractivity contribution in [2.24, 2.45) is 0 Å². The molecule has 0 aliphatic heterocycles. The lowest BCUT2D eigenvalue weighted by Crippen LogP contribution is -2.10. The Morgan fingerprint density at radius 1 is 1.15 bits per heavy atom. The van der Waals surface area contributed by atoms with Gasteiger partial charge in [-0.2, -0.15) is 18.2 Å². The average molecular weight is 500 g/mol. The van der Waals surface area contributed by atoms with Crippen molar-refractivity contribution in [3.63, 3.8) is 0 Å². The van der Waals surface area contributed by atoms with Crippen LogP contribution in [-0.4, -0.2) is 40.3 Å². The van der Waals surface area contributed by atoms with Crippen molar-refractivity contribution in [1.82, 2.24) is 14.5 Å². The zero-order valence-corrected chi connectivity index (χ0v) is 19.8. The molecule has 2 aromatic heterocycles. The highest BCUT2D eigenvalue weighted by Gasteiger charge is 2.31. The minimum absolute atomic E-state index is 0.0502. The van der Waals surface area contributed by atoms with Crippen molar-refractivity contribution in [1.29, 1.82) is 0 Å². The van der Waals surface area contributed by atoms with Gasteiger partial charge >= 0.3 is 12.1 Å². The fourth-order valence-electron chi connectivity index (χ4n) is 3.34. The van der Waals surface area contributed by atoms with Crippen LogP contribution in [0.25, 0.3) is 11.0 Å². The molecule has 1 aromatic carbocycles. The van der Waals surface area contributed by atoms with E-state index >= 15 is 0 Å². The third-order valence-corrected chi connectivity index (χ3v) is 5.24. The number of aromatic nitrogens is 3. The van der Waals surface area contributed by atoms with Gasteiger partial charge in [0.25, 0.3) is 6.01 Å². The Morgan fingerprint density at radius 3 is 2.56 bits per heavy atom. The maximum atomic E-state index is 13.0. The van der Waals surface area contributed by atoms with Crippen LogP contribution >= 0.6 is 11.6 Å². The first-order valence-corrected chi connectivity index (χ1v) is 11.2. The van der Waals surface area contributed by atoms with Crippen molar-refractivity contribution in [2.45, 2.75) is 46.3 Å². The molecular weight excluding hydrogens is 475 g/mol. The SMILES string of the molecule is CCOC(=O)CCCOc1cc(C)c2nc(OCC)n(Cc3ncc(C(F)(F)F)cc3Cl)c2c1. The van der Waals surface area contributed by atoms with E-state index in [4.69, 9.17) is 25.8 Å². The highest BCUT2D eigenvalue weighted by Crippen LogP contribution is 2.33. The zero-order chi connectivity index (χ0) is 24.9. The van der Waals surface area contributed by atoms with E-state index < -0.39 is 11.7 Å². The number of esters is 1. The number of carbonyl (C=O) groups excluding carboxylic acids is 1. The minimum atomic E-state index is -4.54. The normalized spacial score (nSPS) is 11.6. The summed E-state index contributed by atoms with van der Waals surface area (Å²) in [7, 11) is 0. The van der Waals surface area contributed by atoms with Crippen LogP contribution in [0.3, 0.4) is 0 Å². The van der Waals surface area contributed by atoms with E-state index in [1.165, 1.54) is 0 Å². The number of fused-ring (bicyclic) bond motifs is 1. The molecule has 0 fully saturated rings. The maximum absolute atomic E-state index is 13.0. The summed E-state index contributed by atoms with van der Waals surface area (Å²) in [6, 6.07) is 4.73. The third-order valence-electron chi connectivity index (χ3n) is 4.91. The summed E-state index contributed by atoms with van der Waals surface area (Å²) in [6.45, 7) is 6.45. The van der Waals surface area contributed by atoms with Gasteiger partial charge in [0.2, 0.25) is 0 Å². The van der Waals surface area contributed by atoms with E-state index in [1.54, 1.807) is 24.5 Å². The Hall–Kier alpha value is -3.01. The van der Waals surface area contributed by atoms with Gasteiger partial charge < -0.3 is 14.2 Å². The molecule has 0 aliphatic rings. The van der Waals surface area contributed by atoms with Crippen LogP contribution < -0.4 is 9.47 Å². The summed E-state index contributed by atoms with van der Waals surface area (Å²) < 4.78 is 57.0. The van der Waals surface area contributed by atoms with E-state index in [-0.39, 0.29) is 35.7 Å². The Bertz CT molecular complexity index is 1160. The molecule has 3 rings (SSSR count). The predicted molar refractivity (Wildman–Crippen MR) is 120 cm³/mol. The van der Waals surface area contributed by atoms with Crippen LogP contribution in [0.5, 0.6) is 11.8 Å². The quantitative estimate of drug-likeness (QED) is 0.268. The summed E-state index contributed by atoms with van der Waals surface area (Å²) in [4.78, 5) is 20.0. The second-order valence-electron chi connectivity index (χ2n) is 7.43. The molecule has 0 aliphatic carbocycles. The third kappa shape index (κ3) is 6.11. The highest BCUT2D eigenvalue weighted by atomic mass is 35.5. The minimum Gasteiger partial charge on any atom is -0.493 e. The fourth-order valence-corrected chi connectivity index (χ4v) is 3.57. The summed E-state index contributed by atoms with van der Waals surface area (Å²) in [5, 5.41) is -0.109. The monoisotopic (exact) mass is 499 g/mol. The first-order chi connectivity index (χ1) is 16.1. The first-order valence-electron chi connectivity index (χ1n) is 10.8. The summed E-state index contributed by atoms with van der Waals surface area (Å²) >= 11 is 6.13. The van der Waals surface area contributed by atoms with Crippen LogP contribution in [0.4, 0.5) is 13.2 Å². The number of pyridine rings is 1. The molecular formula is C23H25ClF3N3O4. The van der Waals surface area contributed by atoms with Crippen molar-refractivity contribution < 1.29 is 32.2 Å². The number of ether oxygens (including phenoxy) is 3. The largest absolute Gasteiger partial charge is 0.493 e. The van der Waals surface area contributed by atoms with Crippen molar-refractivity contribution in [3.8, 4) is 11.8 Å². The van der Waals surface area contributed by atoms with Gasteiger partial charge in [0.1, 0.15) is 5.75 Å². The number of hydrogen-bond acceptors (Lipinski definition) is 6. The molecule has 0 N–H and O–H groups in total. The summed E-state index contributed by atoms with van der Waals surface area (Å²) in [6.07, 6.45) is -3.04. The van der Waals surface area contributed by atoms with Gasteiger partial charge in [0.05, 0.1) is 53.7 Å². The van der Waals surface area contributed by atoms with E-state index in [2.05, 4.69) is 9.97 Å². The second-order valence-corrected chi connectivity index (χ2v) is 7.84. The Kier molecular flexibility index (Phi) is 8.24. The topological polar surface area (TPSA) is 75.5 Å². The van der Waals surface area contributed by atoms with Gasteiger partial charge in [-0.3, -0.25) is 14.3 Å². The Labute approximate surface area is 199 Å². The molecule has 11 heteroatoms. The standard InChI is InChI=1S/C23H25ClF3N3O4/c1-4-32-20(31)7-6-8-34-16-9-14(3)21-19(11-16)30(22(29-21)33-5-2)13-18-17(24)10-15(12-28-18)23(25,26)27/h9-12H,4-8,13H2,1-3H3. The Morgan fingerprint density at radius 2 is 1.91 bits per heavy atom. The molecule has 0 saturated carbocycles. The number of hydrogen-bond donors (Lipinski definition) is 0. The van der Waals surface area contributed by atoms with Gasteiger partial charge in [-0.05, 0) is 44.9 Å². The molecule has 0 saturated heterocycles. The number of imidazole rings is 1. The van der Waals surface area contributed by atoms with Crippen molar-refractivity contribution in [3.05, 3.63) is 46.2 Å². The molecule has 3 aromatic rings. The molecule has 0 radical (unpaired) electrons.